The van der Waals surface area contributed by atoms with E-state index in [1.54, 1.807) is 0 Å². The molecule has 17 heavy (non-hydrogen) atoms. The van der Waals surface area contributed by atoms with Gasteiger partial charge in [0.15, 0.2) is 0 Å². The Morgan fingerprint density at radius 3 is 2.47 bits per heavy atom. The van der Waals surface area contributed by atoms with Gasteiger partial charge in [0.1, 0.15) is 11.6 Å². The lowest BCUT2D eigenvalue weighted by molar-refractivity contribution is -0.114. The zero-order valence-corrected chi connectivity index (χ0v) is 8.87. The average molecular weight is 237 g/mol. The Morgan fingerprint density at radius 1 is 1.18 bits per heavy atom. The topological polar surface area (TPSA) is 37.4 Å². The average Bonchev–Trinajstić information content (AvgIpc) is 3.07. The van der Waals surface area contributed by atoms with Gasteiger partial charge in [-0.25, -0.2) is 8.78 Å². The molecular weight excluding hydrogens is 228 g/mol. The first kappa shape index (κ1) is 10.4. The number of hydrogen-bond donors (Lipinski definition) is 0. The van der Waals surface area contributed by atoms with Gasteiger partial charge in [-0.15, -0.1) is 0 Å². The molecule has 1 saturated carbocycles. The minimum absolute atomic E-state index is 0.188. The van der Waals surface area contributed by atoms with Gasteiger partial charge in [0.2, 0.25) is 0 Å². The summed E-state index contributed by atoms with van der Waals surface area (Å²) < 4.78 is 27.1. The van der Waals surface area contributed by atoms with Crippen LogP contribution in [0.2, 0.25) is 0 Å². The van der Waals surface area contributed by atoms with E-state index in [-0.39, 0.29) is 5.69 Å². The first-order valence-corrected chi connectivity index (χ1v) is 5.44. The normalized spacial score (nSPS) is 18.8. The van der Waals surface area contributed by atoms with E-state index in [9.17, 15) is 18.4 Å². The number of benzene rings is 1. The summed E-state index contributed by atoms with van der Waals surface area (Å²) in [5.41, 5.74) is -0.609. The first-order valence-electron chi connectivity index (χ1n) is 5.44. The van der Waals surface area contributed by atoms with E-state index in [0.717, 1.165) is 29.9 Å². The fourth-order valence-corrected chi connectivity index (χ4v) is 2.08. The molecule has 0 unspecified atom stereocenters. The van der Waals surface area contributed by atoms with Crippen molar-refractivity contribution in [1.29, 1.82) is 0 Å². The molecule has 0 saturated heterocycles. The first-order chi connectivity index (χ1) is 8.09. The molecule has 0 atom stereocenters. The summed E-state index contributed by atoms with van der Waals surface area (Å²) in [5.74, 6) is -3.02. The zero-order valence-electron chi connectivity index (χ0n) is 8.87. The summed E-state index contributed by atoms with van der Waals surface area (Å²) in [6.45, 7) is 0.304. The second-order valence-corrected chi connectivity index (χ2v) is 4.44. The Hall–Kier alpha value is -1.78. The number of nitrogens with zero attached hydrogens (tertiary/aromatic N) is 1. The van der Waals surface area contributed by atoms with Crippen molar-refractivity contribution in [1.82, 2.24) is 0 Å². The molecule has 1 aliphatic heterocycles. The van der Waals surface area contributed by atoms with E-state index < -0.39 is 28.9 Å². The Morgan fingerprint density at radius 2 is 1.82 bits per heavy atom. The number of hydrogen-bond acceptors (Lipinski definition) is 2. The van der Waals surface area contributed by atoms with Crippen LogP contribution in [-0.4, -0.2) is 18.2 Å². The highest BCUT2D eigenvalue weighted by molar-refractivity contribution is 6.52. The number of carbonyl (C=O) groups excluding carboxylic acids is 2. The Kier molecular flexibility index (Phi) is 2.05. The van der Waals surface area contributed by atoms with Gasteiger partial charge >= 0.3 is 0 Å². The van der Waals surface area contributed by atoms with Gasteiger partial charge in [0.05, 0.1) is 11.3 Å². The molecule has 3 nitrogen and oxygen atoms in total. The lowest BCUT2D eigenvalue weighted by Crippen LogP contribution is -2.32. The van der Waals surface area contributed by atoms with E-state index in [0.29, 0.717) is 12.5 Å². The number of amides is 1. The quantitative estimate of drug-likeness (QED) is 0.737. The summed E-state index contributed by atoms with van der Waals surface area (Å²) in [5, 5.41) is 0. The third kappa shape index (κ3) is 1.45. The van der Waals surface area contributed by atoms with Crippen molar-refractivity contribution in [2.75, 3.05) is 11.4 Å². The molecule has 0 radical (unpaired) electrons. The highest BCUT2D eigenvalue weighted by atomic mass is 19.1. The zero-order chi connectivity index (χ0) is 12.2. The van der Waals surface area contributed by atoms with Crippen molar-refractivity contribution in [3.05, 3.63) is 29.3 Å². The molecule has 1 aromatic rings. The molecule has 88 valence electrons. The second-order valence-electron chi connectivity index (χ2n) is 4.44. The van der Waals surface area contributed by atoms with Gasteiger partial charge in [0.25, 0.3) is 11.7 Å². The van der Waals surface area contributed by atoms with Gasteiger partial charge in [-0.1, -0.05) is 0 Å². The van der Waals surface area contributed by atoms with Crippen LogP contribution in [0.3, 0.4) is 0 Å². The van der Waals surface area contributed by atoms with Crippen molar-refractivity contribution < 1.29 is 18.4 Å². The van der Waals surface area contributed by atoms with Crippen molar-refractivity contribution in [3.63, 3.8) is 0 Å². The summed E-state index contributed by atoms with van der Waals surface area (Å²) in [6.07, 6.45) is 1.93. The molecule has 1 fully saturated rings. The number of halogens is 2. The van der Waals surface area contributed by atoms with Crippen LogP contribution in [0.4, 0.5) is 14.5 Å². The minimum Gasteiger partial charge on any atom is -0.302 e. The fraction of sp³-hybridized carbons (Fsp3) is 0.333. The summed E-state index contributed by atoms with van der Waals surface area (Å²) in [7, 11) is 0. The number of anilines is 1. The molecule has 2 aliphatic rings. The van der Waals surface area contributed by atoms with Crippen LogP contribution in [0.5, 0.6) is 0 Å². The molecule has 1 aromatic carbocycles. The highest BCUT2D eigenvalue weighted by Gasteiger charge is 2.42. The van der Waals surface area contributed by atoms with Crippen molar-refractivity contribution >= 4 is 17.4 Å². The van der Waals surface area contributed by atoms with Gasteiger partial charge in [0, 0.05) is 6.54 Å². The molecule has 3 rings (SSSR count). The molecule has 1 amide bonds. The van der Waals surface area contributed by atoms with Gasteiger partial charge in [-0.05, 0) is 30.9 Å². The summed E-state index contributed by atoms with van der Waals surface area (Å²) >= 11 is 0. The van der Waals surface area contributed by atoms with Gasteiger partial charge in [-0.3, -0.25) is 9.59 Å². The third-order valence-corrected chi connectivity index (χ3v) is 3.15. The van der Waals surface area contributed by atoms with E-state index in [1.807, 2.05) is 0 Å². The van der Waals surface area contributed by atoms with Crippen molar-refractivity contribution in [2.24, 2.45) is 5.92 Å². The van der Waals surface area contributed by atoms with Crippen molar-refractivity contribution in [2.45, 2.75) is 12.8 Å². The maximum Gasteiger partial charge on any atom is 0.299 e. The van der Waals surface area contributed by atoms with Crippen LogP contribution in [0.25, 0.3) is 0 Å². The molecule has 5 heteroatoms. The lowest BCUT2D eigenvalue weighted by Gasteiger charge is -2.16. The van der Waals surface area contributed by atoms with Crippen LogP contribution in [-0.2, 0) is 4.79 Å². The number of rotatable bonds is 2. The predicted molar refractivity (Wildman–Crippen MR) is 55.8 cm³/mol. The minimum atomic E-state index is -0.947. The van der Waals surface area contributed by atoms with Crippen LogP contribution in [0, 0.1) is 17.6 Å². The van der Waals surface area contributed by atoms with Crippen LogP contribution >= 0.6 is 0 Å². The fourth-order valence-electron chi connectivity index (χ4n) is 2.08. The molecule has 1 aliphatic carbocycles. The number of ketones is 1. The van der Waals surface area contributed by atoms with Gasteiger partial charge < -0.3 is 4.90 Å². The Bertz CT molecular complexity index is 538. The maximum atomic E-state index is 13.6. The summed E-state index contributed by atoms with van der Waals surface area (Å²) in [6, 6.07) is 1.82. The number of fused-ring (bicyclic) bond motifs is 1. The van der Waals surface area contributed by atoms with Crippen LogP contribution < -0.4 is 4.90 Å². The Labute approximate surface area is 96.0 Å². The molecule has 0 N–H and O–H groups in total. The van der Waals surface area contributed by atoms with Crippen LogP contribution in [0.1, 0.15) is 23.2 Å². The smallest absolute Gasteiger partial charge is 0.299 e. The second kappa shape index (κ2) is 3.35. The van der Waals surface area contributed by atoms with Crippen LogP contribution in [0.15, 0.2) is 12.1 Å². The molecule has 1 heterocycles. The lowest BCUT2D eigenvalue weighted by atomic mass is 10.1. The van der Waals surface area contributed by atoms with Crippen molar-refractivity contribution in [3.8, 4) is 0 Å². The SMILES string of the molecule is O=C1C(=O)N(CC2CC2)c2c(F)ccc(F)c21. The summed E-state index contributed by atoms with van der Waals surface area (Å²) in [4.78, 5) is 24.3. The molecule has 0 bridgehead atoms. The monoisotopic (exact) mass is 237 g/mol. The molecule has 0 spiro atoms. The standard InChI is InChI=1S/C12H9F2NO2/c13-7-3-4-8(14)10-9(7)11(16)12(17)15(10)5-6-1-2-6/h3-4,6H,1-2,5H2. The van der Waals surface area contributed by atoms with E-state index in [4.69, 9.17) is 0 Å². The van der Waals surface area contributed by atoms with E-state index in [2.05, 4.69) is 0 Å². The molecule has 0 aromatic heterocycles. The number of Topliss-reactive ketones (excluding diaryl/α,β-unsaturated/α-hetero) is 1. The third-order valence-electron chi connectivity index (χ3n) is 3.15. The van der Waals surface area contributed by atoms with E-state index >= 15 is 0 Å². The maximum absolute atomic E-state index is 13.6. The Balaban J connectivity index is 2.13. The van der Waals surface area contributed by atoms with Gasteiger partial charge in [-0.2, -0.15) is 0 Å². The molecular formula is C12H9F2NO2. The largest absolute Gasteiger partial charge is 0.302 e. The highest BCUT2D eigenvalue weighted by Crippen LogP contribution is 2.38. The van der Waals surface area contributed by atoms with E-state index in [1.165, 1.54) is 0 Å². The predicted octanol–water partition coefficient (Wildman–Crippen LogP) is 1.90. The number of carbonyl (C=O) groups is 2.